The largest absolute Gasteiger partial charge is 0.482 e. The monoisotopic (exact) mass is 370 g/mol. The predicted octanol–water partition coefficient (Wildman–Crippen LogP) is 2.86. The number of aromatic nitrogens is 2. The summed E-state index contributed by atoms with van der Waals surface area (Å²) in [6, 6.07) is 8.10. The number of hydrogen-bond donors (Lipinski definition) is 2. The van der Waals surface area contributed by atoms with Crippen LogP contribution in [0.1, 0.15) is 0 Å². The third-order valence-electron chi connectivity index (χ3n) is 2.80. The second-order valence-electron chi connectivity index (χ2n) is 4.63. The van der Waals surface area contributed by atoms with E-state index >= 15 is 0 Å². The fourth-order valence-electron chi connectivity index (χ4n) is 1.69. The van der Waals surface area contributed by atoms with Gasteiger partial charge in [-0.2, -0.15) is 0 Å². The summed E-state index contributed by atoms with van der Waals surface area (Å²) >= 11 is 11.8. The Morgan fingerprint density at radius 2 is 1.92 bits per heavy atom. The summed E-state index contributed by atoms with van der Waals surface area (Å²) in [5.41, 5.74) is 0. The van der Waals surface area contributed by atoms with E-state index in [-0.39, 0.29) is 12.5 Å². The van der Waals surface area contributed by atoms with Gasteiger partial charge in [0.15, 0.2) is 12.4 Å². The lowest BCUT2D eigenvalue weighted by atomic mass is 10.3. The van der Waals surface area contributed by atoms with E-state index in [0.29, 0.717) is 40.6 Å². The van der Waals surface area contributed by atoms with Gasteiger partial charge in [0.2, 0.25) is 0 Å². The van der Waals surface area contributed by atoms with Gasteiger partial charge in [-0.1, -0.05) is 23.2 Å². The molecule has 24 heavy (non-hydrogen) atoms. The highest BCUT2D eigenvalue weighted by atomic mass is 35.5. The van der Waals surface area contributed by atoms with Gasteiger partial charge >= 0.3 is 0 Å². The van der Waals surface area contributed by atoms with Crippen molar-refractivity contribution in [3.05, 3.63) is 40.4 Å². The first-order valence-corrected chi connectivity index (χ1v) is 7.78. The number of nitrogens with one attached hydrogen (secondary N) is 2. The Balaban J connectivity index is 1.81. The molecule has 0 saturated carbocycles. The summed E-state index contributed by atoms with van der Waals surface area (Å²) in [5.74, 6) is 0.910. The number of halogens is 2. The molecule has 2 rings (SSSR count). The van der Waals surface area contributed by atoms with E-state index in [1.54, 1.807) is 31.4 Å². The van der Waals surface area contributed by atoms with Crippen LogP contribution in [0.5, 0.6) is 5.75 Å². The summed E-state index contributed by atoms with van der Waals surface area (Å²) in [4.78, 5) is 11.9. The fraction of sp³-hybridized carbons (Fsp3) is 0.267. The van der Waals surface area contributed by atoms with Crippen LogP contribution in [-0.4, -0.2) is 43.0 Å². The highest BCUT2D eigenvalue weighted by Gasteiger charge is 2.08. The van der Waals surface area contributed by atoms with Crippen molar-refractivity contribution < 1.29 is 14.3 Å². The number of rotatable bonds is 8. The molecule has 0 aliphatic rings. The summed E-state index contributed by atoms with van der Waals surface area (Å²) < 4.78 is 10.3. The highest BCUT2D eigenvalue weighted by Crippen LogP contribution is 2.27. The van der Waals surface area contributed by atoms with Gasteiger partial charge in [-0.3, -0.25) is 4.79 Å². The quantitative estimate of drug-likeness (QED) is 0.694. The molecule has 2 N–H and O–H groups in total. The molecule has 128 valence electrons. The Kier molecular flexibility index (Phi) is 7.05. The number of amides is 1. The number of ether oxygens (including phenoxy) is 2. The second kappa shape index (κ2) is 9.27. The molecule has 0 radical (unpaired) electrons. The lowest BCUT2D eigenvalue weighted by Gasteiger charge is -2.09. The van der Waals surface area contributed by atoms with Crippen LogP contribution in [0.3, 0.4) is 0 Å². The molecule has 0 fully saturated rings. The van der Waals surface area contributed by atoms with Crippen LogP contribution in [0.15, 0.2) is 30.3 Å². The zero-order chi connectivity index (χ0) is 17.4. The van der Waals surface area contributed by atoms with Gasteiger partial charge in [0.05, 0.1) is 11.6 Å². The lowest BCUT2D eigenvalue weighted by Crippen LogP contribution is -2.21. The maximum absolute atomic E-state index is 11.9. The van der Waals surface area contributed by atoms with Gasteiger partial charge in [-0.25, -0.2) is 0 Å². The molecular formula is C15H16Cl2N4O3. The molecule has 0 aliphatic carbocycles. The molecule has 1 heterocycles. The minimum absolute atomic E-state index is 0.211. The van der Waals surface area contributed by atoms with E-state index in [2.05, 4.69) is 20.8 Å². The standard InChI is InChI=1S/C15H16Cl2N4O3/c1-23-7-6-18-13-4-5-14(21-20-13)19-15(22)9-24-12-3-2-10(16)8-11(12)17/h2-5,8H,6-7,9H2,1H3,(H,18,20)(H,19,21,22). The SMILES string of the molecule is COCCNc1ccc(NC(=O)COc2ccc(Cl)cc2Cl)nn1. The molecule has 1 amide bonds. The van der Waals surface area contributed by atoms with E-state index in [0.717, 1.165) is 0 Å². The first kappa shape index (κ1) is 18.3. The molecule has 1 aromatic heterocycles. The van der Waals surface area contributed by atoms with Crippen molar-refractivity contribution in [1.29, 1.82) is 0 Å². The Hall–Kier alpha value is -2.09. The molecule has 0 unspecified atom stereocenters. The maximum Gasteiger partial charge on any atom is 0.263 e. The van der Waals surface area contributed by atoms with Crippen molar-refractivity contribution in [1.82, 2.24) is 10.2 Å². The van der Waals surface area contributed by atoms with Gasteiger partial charge < -0.3 is 20.1 Å². The van der Waals surface area contributed by atoms with Crippen molar-refractivity contribution in [2.75, 3.05) is 37.5 Å². The second-order valence-corrected chi connectivity index (χ2v) is 5.48. The van der Waals surface area contributed by atoms with Crippen molar-refractivity contribution in [3.8, 4) is 5.75 Å². The van der Waals surface area contributed by atoms with Gasteiger partial charge in [-0.15, -0.1) is 10.2 Å². The lowest BCUT2D eigenvalue weighted by molar-refractivity contribution is -0.118. The van der Waals surface area contributed by atoms with Crippen LogP contribution in [0.2, 0.25) is 10.0 Å². The molecule has 0 spiro atoms. The first-order valence-electron chi connectivity index (χ1n) is 7.02. The average Bonchev–Trinajstić information content (AvgIpc) is 2.56. The van der Waals surface area contributed by atoms with Crippen LogP contribution in [0.4, 0.5) is 11.6 Å². The van der Waals surface area contributed by atoms with Crippen molar-refractivity contribution >= 4 is 40.7 Å². The molecule has 0 saturated heterocycles. The van der Waals surface area contributed by atoms with E-state index < -0.39 is 0 Å². The van der Waals surface area contributed by atoms with Crippen LogP contribution in [-0.2, 0) is 9.53 Å². The molecule has 9 heteroatoms. The number of benzene rings is 1. The normalized spacial score (nSPS) is 10.3. The smallest absolute Gasteiger partial charge is 0.263 e. The van der Waals surface area contributed by atoms with Crippen molar-refractivity contribution in [2.24, 2.45) is 0 Å². The number of anilines is 2. The molecule has 2 aromatic rings. The number of nitrogens with zero attached hydrogens (tertiary/aromatic N) is 2. The van der Waals surface area contributed by atoms with Crippen molar-refractivity contribution in [3.63, 3.8) is 0 Å². The van der Waals surface area contributed by atoms with Gasteiger partial charge in [-0.05, 0) is 30.3 Å². The first-order chi connectivity index (χ1) is 11.6. The highest BCUT2D eigenvalue weighted by molar-refractivity contribution is 6.35. The third-order valence-corrected chi connectivity index (χ3v) is 3.33. The zero-order valence-corrected chi connectivity index (χ0v) is 14.4. The van der Waals surface area contributed by atoms with E-state index in [1.807, 2.05) is 0 Å². The van der Waals surface area contributed by atoms with Gasteiger partial charge in [0.25, 0.3) is 5.91 Å². The summed E-state index contributed by atoms with van der Waals surface area (Å²) in [5, 5.41) is 14.3. The van der Waals surface area contributed by atoms with Crippen LogP contribution >= 0.6 is 23.2 Å². The summed E-state index contributed by atoms with van der Waals surface area (Å²) in [7, 11) is 1.62. The topological polar surface area (TPSA) is 85.4 Å². The molecule has 1 aromatic carbocycles. The molecule has 7 nitrogen and oxygen atoms in total. The third kappa shape index (κ3) is 5.84. The minimum Gasteiger partial charge on any atom is -0.482 e. The van der Waals surface area contributed by atoms with Gasteiger partial charge in [0, 0.05) is 18.7 Å². The zero-order valence-electron chi connectivity index (χ0n) is 12.9. The van der Waals surface area contributed by atoms with Gasteiger partial charge in [0.1, 0.15) is 11.6 Å². The van der Waals surface area contributed by atoms with E-state index in [1.165, 1.54) is 6.07 Å². The Morgan fingerprint density at radius 1 is 1.17 bits per heavy atom. The van der Waals surface area contributed by atoms with Crippen LogP contribution < -0.4 is 15.4 Å². The molecule has 0 bridgehead atoms. The molecule has 0 aliphatic heterocycles. The Bertz CT molecular complexity index is 683. The average molecular weight is 371 g/mol. The van der Waals surface area contributed by atoms with Crippen LogP contribution in [0, 0.1) is 0 Å². The Labute approximate surface area is 149 Å². The number of carbonyl (C=O) groups excluding carboxylic acids is 1. The minimum atomic E-state index is -0.379. The van der Waals surface area contributed by atoms with Crippen molar-refractivity contribution in [2.45, 2.75) is 0 Å². The fourth-order valence-corrected chi connectivity index (χ4v) is 2.15. The summed E-state index contributed by atoms with van der Waals surface area (Å²) in [6.45, 7) is 0.966. The molecule has 0 atom stereocenters. The molecular weight excluding hydrogens is 355 g/mol. The van der Waals surface area contributed by atoms with E-state index in [4.69, 9.17) is 32.7 Å². The van der Waals surface area contributed by atoms with E-state index in [9.17, 15) is 4.79 Å². The number of hydrogen-bond acceptors (Lipinski definition) is 6. The van der Waals surface area contributed by atoms with Crippen LogP contribution in [0.25, 0.3) is 0 Å². The maximum atomic E-state index is 11.9. The predicted molar refractivity (Wildman–Crippen MR) is 93.0 cm³/mol. The Morgan fingerprint density at radius 3 is 2.58 bits per heavy atom. The number of carbonyl (C=O) groups is 1. The number of methoxy groups -OCH3 is 1. The summed E-state index contributed by atoms with van der Waals surface area (Å²) in [6.07, 6.45) is 0.